The third kappa shape index (κ3) is 3.24. The quantitative estimate of drug-likeness (QED) is 0.783. The number of nitrogens with zero attached hydrogens (tertiary/aromatic N) is 1. The summed E-state index contributed by atoms with van der Waals surface area (Å²) in [6.45, 7) is 3.55. The smallest absolute Gasteiger partial charge is 0.240 e. The number of carbonyl (C=O) groups excluding carboxylic acids is 1. The first-order valence-electron chi connectivity index (χ1n) is 7.09. The first-order valence-corrected chi connectivity index (χ1v) is 8.57. The molecule has 2 aliphatic rings. The average molecular weight is 328 g/mol. The number of fused-ring (bicyclic) bond motifs is 1. The minimum atomic E-state index is -0.447. The molecule has 0 radical (unpaired) electrons. The molecule has 0 saturated carbocycles. The molecule has 1 aromatic rings. The highest BCUT2D eigenvalue weighted by Gasteiger charge is 2.25. The van der Waals surface area contributed by atoms with Gasteiger partial charge in [0.05, 0.1) is 0 Å². The van der Waals surface area contributed by atoms with Gasteiger partial charge in [0.2, 0.25) is 12.7 Å². The Morgan fingerprint density at radius 1 is 1.38 bits per heavy atom. The molecule has 21 heavy (non-hydrogen) atoms. The third-order valence-electron chi connectivity index (χ3n) is 3.76. The number of rotatable bonds is 2. The number of carbonyl (C=O) groups is 1. The van der Waals surface area contributed by atoms with E-state index in [1.54, 1.807) is 6.92 Å². The second-order valence-corrected chi connectivity index (χ2v) is 7.17. The summed E-state index contributed by atoms with van der Waals surface area (Å²) in [5.74, 6) is 2.59. The number of halogens is 1. The Morgan fingerprint density at radius 2 is 2.19 bits per heavy atom. The van der Waals surface area contributed by atoms with Crippen molar-refractivity contribution in [3.05, 3.63) is 23.8 Å². The molecule has 2 atom stereocenters. The molecule has 3 rings (SSSR count). The van der Waals surface area contributed by atoms with Crippen molar-refractivity contribution in [1.82, 2.24) is 4.90 Å². The third-order valence-corrected chi connectivity index (χ3v) is 5.28. The van der Waals surface area contributed by atoms with Gasteiger partial charge < -0.3 is 14.4 Å². The Bertz CT molecular complexity index is 538. The van der Waals surface area contributed by atoms with Gasteiger partial charge in [0.1, 0.15) is 5.38 Å². The van der Waals surface area contributed by atoms with E-state index < -0.39 is 5.38 Å². The fraction of sp³-hybridized carbons (Fsp3) is 0.533. The molecule has 0 N–H and O–H groups in total. The van der Waals surface area contributed by atoms with Gasteiger partial charge in [0, 0.05) is 24.1 Å². The largest absolute Gasteiger partial charge is 0.454 e. The Hall–Kier alpha value is -1.07. The predicted molar refractivity (Wildman–Crippen MR) is 84.3 cm³/mol. The molecule has 1 aromatic carbocycles. The van der Waals surface area contributed by atoms with Gasteiger partial charge >= 0.3 is 0 Å². The molecule has 2 aliphatic heterocycles. The number of benzene rings is 1. The zero-order valence-electron chi connectivity index (χ0n) is 11.9. The van der Waals surface area contributed by atoms with Gasteiger partial charge in [-0.25, -0.2) is 0 Å². The number of hydrogen-bond donors (Lipinski definition) is 0. The molecule has 0 bridgehead atoms. The monoisotopic (exact) mass is 327 g/mol. The molecular weight excluding hydrogens is 310 g/mol. The molecule has 0 aromatic heterocycles. The number of ether oxygens (including phenoxy) is 2. The highest BCUT2D eigenvalue weighted by atomic mass is 35.5. The van der Waals surface area contributed by atoms with Gasteiger partial charge in [-0.2, -0.15) is 11.8 Å². The SMILES string of the molecule is CC(Cl)C(=O)N1CCSC(c2ccc3c(c2)OCO3)CC1. The van der Waals surface area contributed by atoms with Gasteiger partial charge in [-0.05, 0) is 31.0 Å². The lowest BCUT2D eigenvalue weighted by atomic mass is 10.1. The Labute approximate surface area is 133 Å². The van der Waals surface area contributed by atoms with E-state index in [0.29, 0.717) is 12.0 Å². The maximum absolute atomic E-state index is 12.0. The molecule has 1 saturated heterocycles. The molecule has 1 fully saturated rings. The zero-order chi connectivity index (χ0) is 14.8. The zero-order valence-corrected chi connectivity index (χ0v) is 13.5. The second-order valence-electron chi connectivity index (χ2n) is 5.20. The molecule has 4 nitrogen and oxygen atoms in total. The first-order chi connectivity index (χ1) is 10.1. The van der Waals surface area contributed by atoms with Crippen molar-refractivity contribution in [3.63, 3.8) is 0 Å². The first kappa shape index (κ1) is 14.9. The molecular formula is C15H18ClNO3S. The van der Waals surface area contributed by atoms with Crippen LogP contribution in [-0.4, -0.2) is 41.8 Å². The molecule has 114 valence electrons. The fourth-order valence-corrected chi connectivity index (χ4v) is 3.98. The standard InChI is InChI=1S/C15H18ClNO3S/c1-10(16)15(18)17-5-4-14(21-7-6-17)11-2-3-12-13(8-11)20-9-19-12/h2-3,8,10,14H,4-7,9H2,1H3. The van der Waals surface area contributed by atoms with Crippen LogP contribution in [0, 0.1) is 0 Å². The minimum absolute atomic E-state index is 0.0311. The average Bonchev–Trinajstić information content (AvgIpc) is 2.81. The number of hydrogen-bond acceptors (Lipinski definition) is 4. The van der Waals surface area contributed by atoms with Crippen LogP contribution in [0.15, 0.2) is 18.2 Å². The summed E-state index contributed by atoms with van der Waals surface area (Å²) in [5, 5.41) is -0.0694. The van der Waals surface area contributed by atoms with Crippen LogP contribution in [-0.2, 0) is 4.79 Å². The summed E-state index contributed by atoms with van der Waals surface area (Å²) in [5.41, 5.74) is 1.23. The van der Waals surface area contributed by atoms with E-state index in [2.05, 4.69) is 12.1 Å². The van der Waals surface area contributed by atoms with Crippen LogP contribution in [0.5, 0.6) is 11.5 Å². The van der Waals surface area contributed by atoms with E-state index in [4.69, 9.17) is 21.1 Å². The summed E-state index contributed by atoms with van der Waals surface area (Å²) >= 11 is 7.79. The van der Waals surface area contributed by atoms with Crippen molar-refractivity contribution in [1.29, 1.82) is 0 Å². The second kappa shape index (κ2) is 6.36. The van der Waals surface area contributed by atoms with E-state index in [1.165, 1.54) is 5.56 Å². The molecule has 2 unspecified atom stereocenters. The van der Waals surface area contributed by atoms with E-state index in [-0.39, 0.29) is 5.91 Å². The number of amides is 1. The molecule has 0 aliphatic carbocycles. The lowest BCUT2D eigenvalue weighted by molar-refractivity contribution is -0.130. The van der Waals surface area contributed by atoms with Gasteiger partial charge in [0.15, 0.2) is 11.5 Å². The fourth-order valence-electron chi connectivity index (χ4n) is 2.62. The Morgan fingerprint density at radius 3 is 3.00 bits per heavy atom. The highest BCUT2D eigenvalue weighted by Crippen LogP contribution is 2.40. The van der Waals surface area contributed by atoms with Crippen molar-refractivity contribution in [2.45, 2.75) is 24.0 Å². The van der Waals surface area contributed by atoms with E-state index in [9.17, 15) is 4.79 Å². The normalized spacial score (nSPS) is 22.8. The van der Waals surface area contributed by atoms with Gasteiger partial charge in [-0.15, -0.1) is 11.6 Å². The Balaban J connectivity index is 1.69. The van der Waals surface area contributed by atoms with Crippen molar-refractivity contribution in [3.8, 4) is 11.5 Å². The highest BCUT2D eigenvalue weighted by molar-refractivity contribution is 7.99. The van der Waals surface area contributed by atoms with Gasteiger partial charge in [-0.3, -0.25) is 4.79 Å². The van der Waals surface area contributed by atoms with Crippen LogP contribution >= 0.6 is 23.4 Å². The van der Waals surface area contributed by atoms with Crippen LogP contribution in [0.25, 0.3) is 0 Å². The van der Waals surface area contributed by atoms with Crippen LogP contribution in [0.3, 0.4) is 0 Å². The van der Waals surface area contributed by atoms with Crippen molar-refractivity contribution < 1.29 is 14.3 Å². The summed E-state index contributed by atoms with van der Waals surface area (Å²) in [4.78, 5) is 13.9. The van der Waals surface area contributed by atoms with Crippen molar-refractivity contribution in [2.24, 2.45) is 0 Å². The molecule has 0 spiro atoms. The number of alkyl halides is 1. The summed E-state index contributed by atoms with van der Waals surface area (Å²) < 4.78 is 10.8. The molecule has 1 amide bonds. The van der Waals surface area contributed by atoms with E-state index in [0.717, 1.165) is 36.8 Å². The molecule has 2 heterocycles. The minimum Gasteiger partial charge on any atom is -0.454 e. The van der Waals surface area contributed by atoms with Crippen LogP contribution in [0.2, 0.25) is 0 Å². The summed E-state index contributed by atoms with van der Waals surface area (Å²) in [6, 6.07) is 6.11. The van der Waals surface area contributed by atoms with E-state index >= 15 is 0 Å². The lowest BCUT2D eigenvalue weighted by Gasteiger charge is -2.21. The maximum atomic E-state index is 12.0. The van der Waals surface area contributed by atoms with Crippen molar-refractivity contribution >= 4 is 29.3 Å². The van der Waals surface area contributed by atoms with Crippen LogP contribution < -0.4 is 9.47 Å². The summed E-state index contributed by atoms with van der Waals surface area (Å²) in [7, 11) is 0. The van der Waals surface area contributed by atoms with E-state index in [1.807, 2.05) is 22.7 Å². The lowest BCUT2D eigenvalue weighted by Crippen LogP contribution is -2.37. The topological polar surface area (TPSA) is 38.8 Å². The van der Waals surface area contributed by atoms with Crippen LogP contribution in [0.1, 0.15) is 24.2 Å². The van der Waals surface area contributed by atoms with Gasteiger partial charge in [-0.1, -0.05) is 6.07 Å². The summed E-state index contributed by atoms with van der Waals surface area (Å²) in [6.07, 6.45) is 0.930. The predicted octanol–water partition coefficient (Wildman–Crippen LogP) is 3.05. The Kier molecular flexibility index (Phi) is 4.50. The van der Waals surface area contributed by atoms with Gasteiger partial charge in [0.25, 0.3) is 0 Å². The number of thioether (sulfide) groups is 1. The molecule has 6 heteroatoms. The maximum Gasteiger partial charge on any atom is 0.240 e. The van der Waals surface area contributed by atoms with Crippen molar-refractivity contribution in [2.75, 3.05) is 25.6 Å². The van der Waals surface area contributed by atoms with Crippen LogP contribution in [0.4, 0.5) is 0 Å².